The van der Waals surface area contributed by atoms with Gasteiger partial charge < -0.3 is 19.5 Å². The van der Waals surface area contributed by atoms with Crippen molar-refractivity contribution in [2.75, 3.05) is 45.9 Å². The standard InChI is InChI=1S/C22H32N4O3.2ClH/c27-21-17(13-24-7-2-1-3-8-24)4-5-20-18-10-16(12-26(20)21)11-25(14-18)22(28)19-15-29-9-6-23-19;;/h4-5,16,18-19,23H,1-3,6-15H2;2*1H/t16-,18+,19+;;/m0../s1. The summed E-state index contributed by atoms with van der Waals surface area (Å²) in [4.78, 5) is 30.6. The number of piperidine rings is 2. The highest BCUT2D eigenvalue weighted by Gasteiger charge is 2.38. The van der Waals surface area contributed by atoms with Crippen molar-refractivity contribution >= 4 is 30.7 Å². The van der Waals surface area contributed by atoms with E-state index in [9.17, 15) is 9.59 Å². The molecule has 31 heavy (non-hydrogen) atoms. The maximum absolute atomic E-state index is 13.2. The Morgan fingerprint density at radius 1 is 1.10 bits per heavy atom. The van der Waals surface area contributed by atoms with E-state index >= 15 is 0 Å². The largest absolute Gasteiger partial charge is 0.378 e. The molecule has 3 atom stereocenters. The SMILES string of the molecule is Cl.Cl.O=C([C@H]1COCCN1)N1C[C@@H]2C[C@H](C1)c1ccc(CN3CCCCC3)c(=O)n1C2. The minimum atomic E-state index is -0.225. The number of rotatable bonds is 3. The lowest BCUT2D eigenvalue weighted by Crippen LogP contribution is -2.57. The monoisotopic (exact) mass is 472 g/mol. The number of aromatic nitrogens is 1. The second-order valence-corrected chi connectivity index (χ2v) is 9.16. The third kappa shape index (κ3) is 5.11. The Kier molecular flexibility index (Phi) is 8.44. The van der Waals surface area contributed by atoms with Crippen molar-refractivity contribution in [3.05, 3.63) is 33.7 Å². The van der Waals surface area contributed by atoms with Gasteiger partial charge in [0.25, 0.3) is 5.56 Å². The Labute approximate surface area is 196 Å². The first kappa shape index (κ1) is 24.5. The molecule has 0 spiro atoms. The number of pyridine rings is 1. The van der Waals surface area contributed by atoms with E-state index in [4.69, 9.17) is 4.74 Å². The molecule has 5 heterocycles. The van der Waals surface area contributed by atoms with E-state index in [1.165, 1.54) is 19.3 Å². The van der Waals surface area contributed by atoms with Crippen molar-refractivity contribution in [1.82, 2.24) is 19.7 Å². The van der Waals surface area contributed by atoms with Crippen molar-refractivity contribution in [2.24, 2.45) is 5.92 Å². The van der Waals surface area contributed by atoms with Crippen molar-refractivity contribution in [1.29, 1.82) is 0 Å². The second kappa shape index (κ2) is 10.7. The lowest BCUT2D eigenvalue weighted by Gasteiger charge is -2.44. The number of amides is 1. The third-order valence-electron chi connectivity index (χ3n) is 7.06. The number of ether oxygens (including phenoxy) is 1. The number of halogens is 2. The van der Waals surface area contributed by atoms with Crippen LogP contribution in [0.25, 0.3) is 0 Å². The second-order valence-electron chi connectivity index (χ2n) is 9.16. The molecule has 1 aromatic rings. The predicted molar refractivity (Wildman–Crippen MR) is 124 cm³/mol. The molecular formula is C22H34Cl2N4O3. The highest BCUT2D eigenvalue weighted by Crippen LogP contribution is 2.35. The summed E-state index contributed by atoms with van der Waals surface area (Å²) >= 11 is 0. The average molecular weight is 473 g/mol. The van der Waals surface area contributed by atoms with Crippen LogP contribution in [0.5, 0.6) is 0 Å². The number of morpholine rings is 1. The number of carbonyl (C=O) groups is 1. The lowest BCUT2D eigenvalue weighted by molar-refractivity contribution is -0.139. The van der Waals surface area contributed by atoms with Gasteiger partial charge in [0.1, 0.15) is 6.04 Å². The van der Waals surface area contributed by atoms with Gasteiger partial charge >= 0.3 is 0 Å². The molecule has 0 unspecified atom stereocenters. The van der Waals surface area contributed by atoms with Crippen LogP contribution >= 0.6 is 24.8 Å². The summed E-state index contributed by atoms with van der Waals surface area (Å²) in [5, 5.41) is 3.28. The smallest absolute Gasteiger partial charge is 0.255 e. The van der Waals surface area contributed by atoms with Crippen LogP contribution < -0.4 is 10.9 Å². The summed E-state index contributed by atoms with van der Waals surface area (Å²) in [5.74, 6) is 0.766. The van der Waals surface area contributed by atoms with Crippen LogP contribution in [-0.4, -0.2) is 72.3 Å². The molecule has 4 aliphatic heterocycles. The molecule has 9 heteroatoms. The van der Waals surface area contributed by atoms with Gasteiger partial charge in [-0.3, -0.25) is 14.5 Å². The molecule has 3 saturated heterocycles. The molecule has 1 aromatic heterocycles. The lowest BCUT2D eigenvalue weighted by atomic mass is 9.82. The van der Waals surface area contributed by atoms with Gasteiger partial charge in [-0.25, -0.2) is 0 Å². The highest BCUT2D eigenvalue weighted by atomic mass is 35.5. The molecular weight excluding hydrogens is 439 g/mol. The van der Waals surface area contributed by atoms with Gasteiger partial charge in [0.2, 0.25) is 5.91 Å². The Morgan fingerprint density at radius 3 is 2.65 bits per heavy atom. The number of nitrogens with one attached hydrogen (secondary N) is 1. The van der Waals surface area contributed by atoms with E-state index in [1.54, 1.807) is 0 Å². The van der Waals surface area contributed by atoms with Gasteiger partial charge in [0.05, 0.1) is 13.2 Å². The normalized spacial score (nSPS) is 28.1. The first-order valence-corrected chi connectivity index (χ1v) is 11.2. The molecule has 2 bridgehead atoms. The van der Waals surface area contributed by atoms with E-state index in [2.05, 4.69) is 16.3 Å². The molecule has 4 aliphatic rings. The number of nitrogens with zero attached hydrogens (tertiary/aromatic N) is 3. The van der Waals surface area contributed by atoms with Crippen molar-refractivity contribution < 1.29 is 9.53 Å². The Balaban J connectivity index is 0.00000136. The van der Waals surface area contributed by atoms with Crippen LogP contribution in [0, 0.1) is 5.92 Å². The fourth-order valence-corrected chi connectivity index (χ4v) is 5.59. The molecule has 1 amide bonds. The summed E-state index contributed by atoms with van der Waals surface area (Å²) < 4.78 is 7.49. The van der Waals surface area contributed by atoms with Crippen LogP contribution in [0.1, 0.15) is 42.9 Å². The zero-order valence-electron chi connectivity index (χ0n) is 18.0. The third-order valence-corrected chi connectivity index (χ3v) is 7.06. The summed E-state index contributed by atoms with van der Waals surface area (Å²) in [6.07, 6.45) is 4.85. The Hall–Kier alpha value is -1.12. The summed E-state index contributed by atoms with van der Waals surface area (Å²) in [6, 6.07) is 3.97. The number of likely N-dealkylation sites (tertiary alicyclic amines) is 2. The zero-order valence-corrected chi connectivity index (χ0v) is 19.6. The van der Waals surface area contributed by atoms with E-state index in [-0.39, 0.29) is 48.2 Å². The molecule has 1 N–H and O–H groups in total. The molecule has 0 aliphatic carbocycles. The van der Waals surface area contributed by atoms with E-state index in [0.29, 0.717) is 25.7 Å². The van der Waals surface area contributed by atoms with Crippen molar-refractivity contribution in [3.8, 4) is 0 Å². The van der Waals surface area contributed by atoms with Crippen LogP contribution in [0.15, 0.2) is 16.9 Å². The van der Waals surface area contributed by atoms with Crippen molar-refractivity contribution in [2.45, 2.75) is 50.7 Å². The maximum Gasteiger partial charge on any atom is 0.255 e. The highest BCUT2D eigenvalue weighted by molar-refractivity contribution is 5.85. The number of hydrogen-bond acceptors (Lipinski definition) is 5. The quantitative estimate of drug-likeness (QED) is 0.723. The number of carbonyl (C=O) groups excluding carboxylic acids is 1. The molecule has 0 saturated carbocycles. The van der Waals surface area contributed by atoms with E-state index < -0.39 is 0 Å². The maximum atomic E-state index is 13.2. The number of hydrogen-bond donors (Lipinski definition) is 1. The van der Waals surface area contributed by atoms with E-state index in [0.717, 1.165) is 56.9 Å². The van der Waals surface area contributed by atoms with Gasteiger partial charge in [-0.15, -0.1) is 24.8 Å². The molecule has 7 nitrogen and oxygen atoms in total. The average Bonchev–Trinajstić information content (AvgIpc) is 2.77. The van der Waals surface area contributed by atoms with Gasteiger partial charge in [-0.1, -0.05) is 12.5 Å². The van der Waals surface area contributed by atoms with Crippen LogP contribution in [0.2, 0.25) is 0 Å². The Morgan fingerprint density at radius 2 is 1.90 bits per heavy atom. The van der Waals surface area contributed by atoms with Crippen LogP contribution in [-0.2, 0) is 22.6 Å². The van der Waals surface area contributed by atoms with Crippen LogP contribution in [0.3, 0.4) is 0 Å². The van der Waals surface area contributed by atoms with E-state index in [1.807, 2.05) is 15.5 Å². The zero-order chi connectivity index (χ0) is 19.8. The first-order chi connectivity index (χ1) is 14.2. The fraction of sp³-hybridized carbons (Fsp3) is 0.727. The van der Waals surface area contributed by atoms with Crippen LogP contribution in [0.4, 0.5) is 0 Å². The topological polar surface area (TPSA) is 66.8 Å². The Bertz CT molecular complexity index is 821. The summed E-state index contributed by atoms with van der Waals surface area (Å²) in [5.41, 5.74) is 2.22. The van der Waals surface area contributed by atoms with Gasteiger partial charge in [0.15, 0.2) is 0 Å². The van der Waals surface area contributed by atoms with Gasteiger partial charge in [-0.05, 0) is 44.3 Å². The summed E-state index contributed by atoms with van der Waals surface area (Å²) in [6.45, 7) is 7.02. The summed E-state index contributed by atoms with van der Waals surface area (Å²) in [7, 11) is 0. The van der Waals surface area contributed by atoms with Crippen molar-refractivity contribution in [3.63, 3.8) is 0 Å². The molecule has 0 aromatic carbocycles. The minimum Gasteiger partial charge on any atom is -0.378 e. The first-order valence-electron chi connectivity index (χ1n) is 11.2. The molecule has 3 fully saturated rings. The number of fused-ring (bicyclic) bond motifs is 4. The van der Waals surface area contributed by atoms with Gasteiger partial charge in [0, 0.05) is 49.9 Å². The fourth-order valence-electron chi connectivity index (χ4n) is 5.59. The molecule has 174 valence electrons. The minimum absolute atomic E-state index is 0. The predicted octanol–water partition coefficient (Wildman–Crippen LogP) is 1.61. The molecule has 0 radical (unpaired) electrons. The van der Waals surface area contributed by atoms with Gasteiger partial charge in [-0.2, -0.15) is 0 Å². The molecule has 5 rings (SSSR count).